The van der Waals surface area contributed by atoms with Crippen molar-refractivity contribution in [2.24, 2.45) is 0 Å². The third kappa shape index (κ3) is 3.70. The molecule has 0 atom stereocenters. The van der Waals surface area contributed by atoms with Crippen LogP contribution in [0.15, 0.2) is 47.4 Å². The predicted octanol–water partition coefficient (Wildman–Crippen LogP) is 1.33. The number of aromatic nitrogens is 1. The fourth-order valence-corrected chi connectivity index (χ4v) is 1.87. The minimum atomic E-state index is -0.315. The van der Waals surface area contributed by atoms with Crippen molar-refractivity contribution in [2.45, 2.75) is 6.54 Å². The molecule has 2 rings (SSSR count). The van der Waals surface area contributed by atoms with Gasteiger partial charge in [-0.15, -0.1) is 0 Å². The Labute approximate surface area is 122 Å². The van der Waals surface area contributed by atoms with E-state index in [1.807, 2.05) is 0 Å². The molecule has 0 fully saturated rings. The Bertz CT molecular complexity index is 695. The number of nitrogens with one attached hydrogen (secondary N) is 1. The fraction of sp³-hybridized carbons (Fsp3) is 0.200. The highest BCUT2D eigenvalue weighted by atomic mass is 16.5. The van der Waals surface area contributed by atoms with Gasteiger partial charge in [0.25, 0.3) is 11.5 Å². The molecule has 21 heavy (non-hydrogen) atoms. The van der Waals surface area contributed by atoms with Gasteiger partial charge in [-0.25, -0.2) is 0 Å². The zero-order valence-electron chi connectivity index (χ0n) is 11.7. The van der Waals surface area contributed by atoms with Gasteiger partial charge >= 0.3 is 0 Å². The molecule has 1 aromatic heterocycles. The van der Waals surface area contributed by atoms with Gasteiger partial charge in [0.2, 0.25) is 0 Å². The van der Waals surface area contributed by atoms with Crippen LogP contribution >= 0.6 is 0 Å². The highest BCUT2D eigenvalue weighted by molar-refractivity contribution is 6.07. The number of benzene rings is 1. The van der Waals surface area contributed by atoms with Crippen LogP contribution in [0, 0.1) is 0 Å². The molecule has 6 heteroatoms. The van der Waals surface area contributed by atoms with Crippen LogP contribution in [0.4, 0.5) is 11.4 Å². The number of rotatable bonds is 5. The van der Waals surface area contributed by atoms with Gasteiger partial charge in [-0.05, 0) is 18.2 Å². The number of ether oxygens (including phenoxy) is 1. The van der Waals surface area contributed by atoms with Gasteiger partial charge in [0, 0.05) is 31.6 Å². The number of nitrogens with two attached hydrogens (primary N) is 1. The number of methoxy groups -OCH3 is 1. The van der Waals surface area contributed by atoms with E-state index in [2.05, 4.69) is 5.32 Å². The minimum absolute atomic E-state index is 0.149. The average Bonchev–Trinajstić information content (AvgIpc) is 2.48. The number of anilines is 2. The average molecular weight is 287 g/mol. The molecule has 0 aliphatic carbocycles. The number of pyridine rings is 1. The quantitative estimate of drug-likeness (QED) is 0.812. The third-order valence-corrected chi connectivity index (χ3v) is 2.98. The van der Waals surface area contributed by atoms with Gasteiger partial charge in [-0.3, -0.25) is 9.59 Å². The van der Waals surface area contributed by atoms with Crippen LogP contribution in [-0.2, 0) is 11.3 Å². The molecule has 2 aromatic rings. The van der Waals surface area contributed by atoms with E-state index in [9.17, 15) is 9.59 Å². The molecule has 3 N–H and O–H groups in total. The predicted molar refractivity (Wildman–Crippen MR) is 81.4 cm³/mol. The summed E-state index contributed by atoms with van der Waals surface area (Å²) in [6, 6.07) is 9.77. The summed E-state index contributed by atoms with van der Waals surface area (Å²) >= 11 is 0. The van der Waals surface area contributed by atoms with E-state index in [4.69, 9.17) is 10.5 Å². The Morgan fingerprint density at radius 3 is 2.76 bits per heavy atom. The lowest BCUT2D eigenvalue weighted by atomic mass is 10.1. The van der Waals surface area contributed by atoms with E-state index in [-0.39, 0.29) is 11.5 Å². The van der Waals surface area contributed by atoms with E-state index in [1.165, 1.54) is 10.6 Å². The molecule has 110 valence electrons. The number of hydrogen-bond acceptors (Lipinski definition) is 4. The van der Waals surface area contributed by atoms with Crippen molar-refractivity contribution in [1.29, 1.82) is 0 Å². The fourth-order valence-electron chi connectivity index (χ4n) is 1.87. The Morgan fingerprint density at radius 2 is 2.05 bits per heavy atom. The second-order valence-corrected chi connectivity index (χ2v) is 4.48. The first-order chi connectivity index (χ1) is 10.1. The van der Waals surface area contributed by atoms with Crippen LogP contribution in [0.3, 0.4) is 0 Å². The summed E-state index contributed by atoms with van der Waals surface area (Å²) in [5.41, 5.74) is 6.94. The SMILES string of the molecule is COCCn1cc(NC(=O)c2ccccc2N)ccc1=O. The molecule has 0 aliphatic rings. The number of nitrogen functional groups attached to an aromatic ring is 1. The Hall–Kier alpha value is -2.60. The highest BCUT2D eigenvalue weighted by Gasteiger charge is 2.09. The maximum atomic E-state index is 12.1. The van der Waals surface area contributed by atoms with E-state index in [0.29, 0.717) is 30.1 Å². The largest absolute Gasteiger partial charge is 0.398 e. The van der Waals surface area contributed by atoms with Crippen LogP contribution in [0.25, 0.3) is 0 Å². The smallest absolute Gasteiger partial charge is 0.257 e. The molecule has 1 heterocycles. The molecule has 0 bridgehead atoms. The van der Waals surface area contributed by atoms with E-state index < -0.39 is 0 Å². The normalized spacial score (nSPS) is 10.3. The zero-order chi connectivity index (χ0) is 15.2. The van der Waals surface area contributed by atoms with Gasteiger partial charge in [-0.1, -0.05) is 12.1 Å². The molecule has 0 unspecified atom stereocenters. The van der Waals surface area contributed by atoms with Gasteiger partial charge in [0.15, 0.2) is 0 Å². The first-order valence-corrected chi connectivity index (χ1v) is 6.47. The summed E-state index contributed by atoms with van der Waals surface area (Å²) in [6.45, 7) is 0.843. The number of amides is 1. The Balaban J connectivity index is 2.18. The van der Waals surface area contributed by atoms with Gasteiger partial charge < -0.3 is 20.4 Å². The third-order valence-electron chi connectivity index (χ3n) is 2.98. The standard InChI is InChI=1S/C15H17N3O3/c1-21-9-8-18-10-11(6-7-14(18)19)17-15(20)12-4-2-3-5-13(12)16/h2-7,10H,8-9,16H2,1H3,(H,17,20). The second kappa shape index (κ2) is 6.71. The molecule has 1 aromatic carbocycles. The van der Waals surface area contributed by atoms with Gasteiger partial charge in [0.05, 0.1) is 17.9 Å². The molecule has 6 nitrogen and oxygen atoms in total. The first kappa shape index (κ1) is 14.8. The summed E-state index contributed by atoms with van der Waals surface area (Å²) in [4.78, 5) is 23.8. The number of para-hydroxylation sites is 1. The van der Waals surface area contributed by atoms with Crippen molar-refractivity contribution < 1.29 is 9.53 Å². The molecule has 0 saturated heterocycles. The number of nitrogens with zero attached hydrogens (tertiary/aromatic N) is 1. The van der Waals surface area contributed by atoms with Gasteiger partial charge in [-0.2, -0.15) is 0 Å². The van der Waals surface area contributed by atoms with Crippen LogP contribution in [0.2, 0.25) is 0 Å². The monoisotopic (exact) mass is 287 g/mol. The van der Waals surface area contributed by atoms with Crippen molar-refractivity contribution >= 4 is 17.3 Å². The minimum Gasteiger partial charge on any atom is -0.398 e. The first-order valence-electron chi connectivity index (χ1n) is 6.47. The van der Waals surface area contributed by atoms with Crippen molar-refractivity contribution in [3.05, 3.63) is 58.5 Å². The molecule has 1 amide bonds. The summed E-state index contributed by atoms with van der Waals surface area (Å²) in [7, 11) is 1.56. The maximum Gasteiger partial charge on any atom is 0.257 e. The molecule has 0 spiro atoms. The second-order valence-electron chi connectivity index (χ2n) is 4.48. The van der Waals surface area contributed by atoms with Crippen molar-refractivity contribution in [3.8, 4) is 0 Å². The molecule has 0 radical (unpaired) electrons. The van der Waals surface area contributed by atoms with Crippen molar-refractivity contribution in [3.63, 3.8) is 0 Å². The lowest BCUT2D eigenvalue weighted by Gasteiger charge is -2.10. The van der Waals surface area contributed by atoms with E-state index in [0.717, 1.165) is 0 Å². The van der Waals surface area contributed by atoms with Crippen LogP contribution < -0.4 is 16.6 Å². The maximum absolute atomic E-state index is 12.1. The summed E-state index contributed by atoms with van der Waals surface area (Å²) in [5, 5.41) is 2.72. The van der Waals surface area contributed by atoms with Gasteiger partial charge in [0.1, 0.15) is 0 Å². The molecular weight excluding hydrogens is 270 g/mol. The summed E-state index contributed by atoms with van der Waals surface area (Å²) in [6.07, 6.45) is 1.58. The van der Waals surface area contributed by atoms with E-state index in [1.54, 1.807) is 43.6 Å². The topological polar surface area (TPSA) is 86.3 Å². The number of hydrogen-bond donors (Lipinski definition) is 2. The molecule has 0 aliphatic heterocycles. The zero-order valence-corrected chi connectivity index (χ0v) is 11.7. The molecular formula is C15H17N3O3. The van der Waals surface area contributed by atoms with Crippen LogP contribution in [-0.4, -0.2) is 24.2 Å². The van der Waals surface area contributed by atoms with Crippen LogP contribution in [0.1, 0.15) is 10.4 Å². The van der Waals surface area contributed by atoms with Crippen molar-refractivity contribution in [2.75, 3.05) is 24.8 Å². The van der Waals surface area contributed by atoms with Crippen LogP contribution in [0.5, 0.6) is 0 Å². The highest BCUT2D eigenvalue weighted by Crippen LogP contribution is 2.13. The van der Waals surface area contributed by atoms with E-state index >= 15 is 0 Å². The molecule has 0 saturated carbocycles. The number of carbonyl (C=O) groups excluding carboxylic acids is 1. The summed E-state index contributed by atoms with van der Waals surface area (Å²) < 4.78 is 6.42. The van der Waals surface area contributed by atoms with Crippen molar-refractivity contribution in [1.82, 2.24) is 4.57 Å². The summed E-state index contributed by atoms with van der Waals surface area (Å²) in [5.74, 6) is -0.315. The lowest BCUT2D eigenvalue weighted by Crippen LogP contribution is -2.22. The lowest BCUT2D eigenvalue weighted by molar-refractivity contribution is 0.102. The Kier molecular flexibility index (Phi) is 4.73. The number of carbonyl (C=O) groups is 1. The Morgan fingerprint density at radius 1 is 1.29 bits per heavy atom.